The van der Waals surface area contributed by atoms with E-state index in [1.807, 2.05) is 6.07 Å². The zero-order valence-corrected chi connectivity index (χ0v) is 9.99. The zero-order valence-electron chi connectivity index (χ0n) is 9.99. The van der Waals surface area contributed by atoms with Crippen LogP contribution in [0.1, 0.15) is 5.56 Å². The van der Waals surface area contributed by atoms with E-state index >= 15 is 0 Å². The van der Waals surface area contributed by atoms with E-state index in [0.29, 0.717) is 19.7 Å². The van der Waals surface area contributed by atoms with Gasteiger partial charge in [-0.1, -0.05) is 12.1 Å². The minimum atomic E-state index is -0.390. The van der Waals surface area contributed by atoms with Gasteiger partial charge in [-0.2, -0.15) is 0 Å². The molecule has 1 aromatic rings. The first-order valence-electron chi connectivity index (χ1n) is 5.87. The van der Waals surface area contributed by atoms with Gasteiger partial charge in [-0.05, 0) is 5.56 Å². The van der Waals surface area contributed by atoms with Crippen LogP contribution in [0.4, 0.5) is 5.69 Å². The fourth-order valence-electron chi connectivity index (χ4n) is 2.06. The third kappa shape index (κ3) is 3.25. The average Bonchev–Trinajstić information content (AvgIpc) is 2.39. The lowest BCUT2D eigenvalue weighted by Gasteiger charge is -2.31. The van der Waals surface area contributed by atoms with Crippen molar-refractivity contribution in [1.29, 1.82) is 0 Å². The van der Waals surface area contributed by atoms with Crippen molar-refractivity contribution in [3.63, 3.8) is 0 Å². The van der Waals surface area contributed by atoms with Crippen LogP contribution in [0.3, 0.4) is 0 Å². The number of ether oxygens (including phenoxy) is 1. The Balaban J connectivity index is 2.00. The van der Waals surface area contributed by atoms with Gasteiger partial charge in [-0.25, -0.2) is 0 Å². The largest absolute Gasteiger partial charge is 0.394 e. The van der Waals surface area contributed by atoms with E-state index in [-0.39, 0.29) is 23.3 Å². The number of hydrogen-bond acceptors (Lipinski definition) is 5. The van der Waals surface area contributed by atoms with Gasteiger partial charge in [0, 0.05) is 31.8 Å². The van der Waals surface area contributed by atoms with Gasteiger partial charge < -0.3 is 9.84 Å². The number of hydrogen-bond donors (Lipinski definition) is 1. The molecule has 0 radical (unpaired) electrons. The monoisotopic (exact) mass is 252 g/mol. The first kappa shape index (κ1) is 12.9. The number of benzene rings is 1. The second-order valence-electron chi connectivity index (χ2n) is 4.34. The van der Waals surface area contributed by atoms with Crippen LogP contribution < -0.4 is 0 Å². The summed E-state index contributed by atoms with van der Waals surface area (Å²) < 4.78 is 5.36. The first-order valence-corrected chi connectivity index (χ1v) is 5.87. The Bertz CT molecular complexity index is 424. The van der Waals surface area contributed by atoms with E-state index < -0.39 is 0 Å². The molecule has 1 unspecified atom stereocenters. The molecule has 1 aliphatic heterocycles. The van der Waals surface area contributed by atoms with Crippen molar-refractivity contribution in [2.75, 3.05) is 26.3 Å². The highest BCUT2D eigenvalue weighted by atomic mass is 16.6. The van der Waals surface area contributed by atoms with Crippen LogP contribution in [0.2, 0.25) is 0 Å². The van der Waals surface area contributed by atoms with E-state index in [0.717, 1.165) is 12.1 Å². The molecular weight excluding hydrogens is 236 g/mol. The van der Waals surface area contributed by atoms with Crippen LogP contribution in [0.5, 0.6) is 0 Å². The van der Waals surface area contributed by atoms with Gasteiger partial charge in [0.2, 0.25) is 0 Å². The van der Waals surface area contributed by atoms with Gasteiger partial charge in [-0.3, -0.25) is 15.0 Å². The normalized spacial score (nSPS) is 20.8. The van der Waals surface area contributed by atoms with E-state index in [9.17, 15) is 10.1 Å². The fourth-order valence-corrected chi connectivity index (χ4v) is 2.06. The molecule has 1 saturated heterocycles. The highest BCUT2D eigenvalue weighted by molar-refractivity contribution is 5.34. The number of nitrogens with zero attached hydrogens (tertiary/aromatic N) is 2. The van der Waals surface area contributed by atoms with Crippen molar-refractivity contribution in [2.24, 2.45) is 0 Å². The molecule has 0 aliphatic carbocycles. The quantitative estimate of drug-likeness (QED) is 0.633. The molecule has 98 valence electrons. The summed E-state index contributed by atoms with van der Waals surface area (Å²) in [7, 11) is 0. The predicted octanol–water partition coefficient (Wildman–Crippen LogP) is 0.788. The molecule has 0 spiro atoms. The first-order chi connectivity index (χ1) is 8.69. The van der Waals surface area contributed by atoms with Gasteiger partial charge in [-0.15, -0.1) is 0 Å². The van der Waals surface area contributed by atoms with Crippen LogP contribution in [-0.2, 0) is 11.3 Å². The molecule has 1 aliphatic rings. The number of rotatable bonds is 4. The summed E-state index contributed by atoms with van der Waals surface area (Å²) in [4.78, 5) is 12.4. The highest BCUT2D eigenvalue weighted by Crippen LogP contribution is 2.16. The minimum Gasteiger partial charge on any atom is -0.394 e. The zero-order chi connectivity index (χ0) is 13.0. The van der Waals surface area contributed by atoms with Gasteiger partial charge in [0.05, 0.1) is 24.2 Å². The molecule has 1 fully saturated rings. The van der Waals surface area contributed by atoms with Gasteiger partial charge in [0.1, 0.15) is 0 Å². The van der Waals surface area contributed by atoms with Crippen LogP contribution in [-0.4, -0.2) is 47.3 Å². The second-order valence-corrected chi connectivity index (χ2v) is 4.34. The highest BCUT2D eigenvalue weighted by Gasteiger charge is 2.20. The summed E-state index contributed by atoms with van der Waals surface area (Å²) in [6, 6.07) is 6.64. The molecule has 6 heteroatoms. The second kappa shape index (κ2) is 5.90. The Kier molecular flexibility index (Phi) is 4.24. The van der Waals surface area contributed by atoms with E-state index in [4.69, 9.17) is 9.84 Å². The standard InChI is InChI=1S/C12H16N2O4/c15-9-12-8-13(4-5-18-12)7-10-2-1-3-11(6-10)14(16)17/h1-3,6,12,15H,4-5,7-9H2. The molecule has 1 atom stereocenters. The third-order valence-electron chi connectivity index (χ3n) is 2.95. The molecule has 0 bridgehead atoms. The summed E-state index contributed by atoms with van der Waals surface area (Å²) in [5.74, 6) is 0. The lowest BCUT2D eigenvalue weighted by molar-refractivity contribution is -0.384. The maximum Gasteiger partial charge on any atom is 0.269 e. The molecule has 1 heterocycles. The van der Waals surface area contributed by atoms with Gasteiger partial charge in [0.25, 0.3) is 5.69 Å². The van der Waals surface area contributed by atoms with Crippen molar-refractivity contribution in [1.82, 2.24) is 4.90 Å². The van der Waals surface area contributed by atoms with Crippen LogP contribution >= 0.6 is 0 Å². The Labute approximate surface area is 105 Å². The van der Waals surface area contributed by atoms with Crippen molar-refractivity contribution in [3.8, 4) is 0 Å². The SMILES string of the molecule is O=[N+]([O-])c1cccc(CN2CCOC(CO)C2)c1. The molecule has 1 aromatic carbocycles. The molecule has 0 saturated carbocycles. The number of aliphatic hydroxyl groups is 1. The van der Waals surface area contributed by atoms with Crippen molar-refractivity contribution < 1.29 is 14.8 Å². The summed E-state index contributed by atoms with van der Waals surface area (Å²) in [6.45, 7) is 2.66. The summed E-state index contributed by atoms with van der Waals surface area (Å²) in [5, 5.41) is 19.7. The predicted molar refractivity (Wildman–Crippen MR) is 65.2 cm³/mol. The van der Waals surface area contributed by atoms with Gasteiger partial charge in [0.15, 0.2) is 0 Å². The van der Waals surface area contributed by atoms with Gasteiger partial charge >= 0.3 is 0 Å². The van der Waals surface area contributed by atoms with Crippen LogP contribution in [0, 0.1) is 10.1 Å². The van der Waals surface area contributed by atoms with E-state index in [1.165, 1.54) is 6.07 Å². The Morgan fingerprint density at radius 2 is 2.39 bits per heavy atom. The van der Waals surface area contributed by atoms with Crippen molar-refractivity contribution in [2.45, 2.75) is 12.6 Å². The lowest BCUT2D eigenvalue weighted by atomic mass is 10.1. The van der Waals surface area contributed by atoms with Crippen LogP contribution in [0.25, 0.3) is 0 Å². The third-order valence-corrected chi connectivity index (χ3v) is 2.95. The minimum absolute atomic E-state index is 0.00539. The number of nitro benzene ring substituents is 1. The number of aliphatic hydroxyl groups excluding tert-OH is 1. The molecule has 6 nitrogen and oxygen atoms in total. The fraction of sp³-hybridized carbons (Fsp3) is 0.500. The number of morpholine rings is 1. The maximum absolute atomic E-state index is 10.7. The van der Waals surface area contributed by atoms with E-state index in [2.05, 4.69) is 4.90 Å². The molecule has 1 N–H and O–H groups in total. The van der Waals surface area contributed by atoms with Crippen molar-refractivity contribution >= 4 is 5.69 Å². The molecular formula is C12H16N2O4. The molecule has 0 aromatic heterocycles. The Morgan fingerprint density at radius 3 is 3.11 bits per heavy atom. The number of nitro groups is 1. The number of non-ortho nitro benzene ring substituents is 1. The van der Waals surface area contributed by atoms with Crippen molar-refractivity contribution in [3.05, 3.63) is 39.9 Å². The average molecular weight is 252 g/mol. The summed E-state index contributed by atoms with van der Waals surface area (Å²) in [5.41, 5.74) is 1.02. The smallest absolute Gasteiger partial charge is 0.269 e. The lowest BCUT2D eigenvalue weighted by Crippen LogP contribution is -2.43. The Morgan fingerprint density at radius 1 is 1.56 bits per heavy atom. The Hall–Kier alpha value is -1.50. The molecule has 2 rings (SSSR count). The summed E-state index contributed by atoms with van der Waals surface area (Å²) >= 11 is 0. The summed E-state index contributed by atoms with van der Waals surface area (Å²) in [6.07, 6.45) is -0.155. The molecule has 18 heavy (non-hydrogen) atoms. The molecule has 0 amide bonds. The topological polar surface area (TPSA) is 75.8 Å². The maximum atomic E-state index is 10.7. The van der Waals surface area contributed by atoms with Crippen LogP contribution in [0.15, 0.2) is 24.3 Å². The van der Waals surface area contributed by atoms with E-state index in [1.54, 1.807) is 12.1 Å².